The molecular formula is C34H59N2O6P. The minimum absolute atomic E-state index is 0.0608. The number of aliphatic hydroxyl groups excluding tert-OH is 1. The molecule has 0 saturated heterocycles. The van der Waals surface area contributed by atoms with E-state index in [1.165, 1.54) is 32.1 Å². The predicted octanol–water partition coefficient (Wildman–Crippen LogP) is 7.76. The molecule has 0 spiro atoms. The minimum atomic E-state index is -4.35. The van der Waals surface area contributed by atoms with Crippen LogP contribution in [0.1, 0.15) is 104 Å². The first kappa shape index (κ1) is 40.9. The zero-order chi connectivity index (χ0) is 31.9. The Bertz CT molecular complexity index is 897. The second-order valence-corrected chi connectivity index (χ2v) is 11.8. The van der Waals surface area contributed by atoms with Crippen molar-refractivity contribution < 1.29 is 28.4 Å². The number of hydrogen-bond acceptors (Lipinski definition) is 6. The zero-order valence-corrected chi connectivity index (χ0v) is 27.6. The number of phosphoric acid groups is 1. The van der Waals surface area contributed by atoms with Crippen LogP contribution in [-0.2, 0) is 18.4 Å². The van der Waals surface area contributed by atoms with Gasteiger partial charge in [-0.25, -0.2) is 4.57 Å². The number of rotatable bonds is 28. The van der Waals surface area contributed by atoms with Crippen molar-refractivity contribution in [2.45, 2.75) is 116 Å². The fourth-order valence-electron chi connectivity index (χ4n) is 3.90. The first-order valence-corrected chi connectivity index (χ1v) is 17.6. The van der Waals surface area contributed by atoms with Crippen molar-refractivity contribution in [1.29, 1.82) is 0 Å². The molecule has 5 N–H and O–H groups in total. The largest absolute Gasteiger partial charge is 0.472 e. The number of nitrogens with two attached hydrogens (primary N) is 1. The summed E-state index contributed by atoms with van der Waals surface area (Å²) in [6, 6.07) is -0.914. The Morgan fingerprint density at radius 3 is 1.88 bits per heavy atom. The summed E-state index contributed by atoms with van der Waals surface area (Å²) < 4.78 is 21.8. The lowest BCUT2D eigenvalue weighted by Gasteiger charge is -2.23. The topological polar surface area (TPSA) is 131 Å². The second-order valence-electron chi connectivity index (χ2n) is 10.3. The molecule has 0 aromatic rings. The average molecular weight is 623 g/mol. The summed E-state index contributed by atoms with van der Waals surface area (Å²) in [7, 11) is -4.35. The van der Waals surface area contributed by atoms with E-state index in [4.69, 9.17) is 14.8 Å². The molecule has 3 unspecified atom stereocenters. The molecule has 0 aliphatic rings. The standard InChI is InChI=1S/C34H59N2O6P/c1-3-5-7-9-11-13-14-15-16-17-18-20-22-24-26-28-34(38)36-32(31-42-43(39,40)41-30-29-35)33(37)27-25-23-21-19-12-10-8-6-4-2/h5,7,11,13,15-16,18,20,24-27,32-33,37H,3-4,6,8-10,12,14,17,19,21-23,28-31,35H2,1-2H3,(H,36,38)(H,39,40)/b7-5-,13-11-,16-15-,20-18-,26-24-,27-25+. The van der Waals surface area contributed by atoms with Gasteiger partial charge in [0.15, 0.2) is 0 Å². The molecule has 1 amide bonds. The van der Waals surface area contributed by atoms with Crippen molar-refractivity contribution in [3.05, 3.63) is 72.9 Å². The van der Waals surface area contributed by atoms with E-state index >= 15 is 0 Å². The number of carbonyl (C=O) groups is 1. The third-order valence-electron chi connectivity index (χ3n) is 6.32. The number of hydrogen-bond donors (Lipinski definition) is 4. The number of carbonyl (C=O) groups excluding carboxylic acids is 1. The van der Waals surface area contributed by atoms with Crippen LogP contribution in [-0.4, -0.2) is 47.8 Å². The summed E-state index contributed by atoms with van der Waals surface area (Å²) in [5, 5.41) is 13.4. The highest BCUT2D eigenvalue weighted by Gasteiger charge is 2.26. The van der Waals surface area contributed by atoms with E-state index in [0.717, 1.165) is 44.9 Å². The molecule has 0 saturated carbocycles. The molecule has 9 heteroatoms. The highest BCUT2D eigenvalue weighted by molar-refractivity contribution is 7.47. The number of phosphoric ester groups is 1. The van der Waals surface area contributed by atoms with Gasteiger partial charge in [0.25, 0.3) is 0 Å². The molecule has 0 bridgehead atoms. The molecule has 0 aliphatic carbocycles. The number of nitrogens with one attached hydrogen (secondary N) is 1. The van der Waals surface area contributed by atoms with Gasteiger partial charge in [0, 0.05) is 13.0 Å². The molecule has 3 atom stereocenters. The lowest BCUT2D eigenvalue weighted by Crippen LogP contribution is -2.45. The number of aliphatic hydroxyl groups is 1. The van der Waals surface area contributed by atoms with Crippen molar-refractivity contribution in [2.75, 3.05) is 19.8 Å². The van der Waals surface area contributed by atoms with Crippen molar-refractivity contribution >= 4 is 13.7 Å². The highest BCUT2D eigenvalue weighted by atomic mass is 31.2. The SMILES string of the molecule is CC/C=C\C/C=C\C/C=C\C/C=C\C/C=C\CC(=O)NC(COP(=O)(O)OCCN)C(O)/C=C/CCCCCCCCC. The van der Waals surface area contributed by atoms with Gasteiger partial charge in [-0.3, -0.25) is 13.8 Å². The predicted molar refractivity (Wildman–Crippen MR) is 180 cm³/mol. The Labute approximate surface area is 261 Å². The number of allylic oxidation sites excluding steroid dienone is 10. The van der Waals surface area contributed by atoms with Gasteiger partial charge < -0.3 is 21.1 Å². The molecule has 246 valence electrons. The number of unbranched alkanes of at least 4 members (excludes halogenated alkanes) is 7. The van der Waals surface area contributed by atoms with Gasteiger partial charge in [0.1, 0.15) is 0 Å². The molecule has 0 radical (unpaired) electrons. The van der Waals surface area contributed by atoms with Crippen LogP contribution >= 0.6 is 7.82 Å². The van der Waals surface area contributed by atoms with Crippen molar-refractivity contribution in [3.63, 3.8) is 0 Å². The van der Waals surface area contributed by atoms with Crippen LogP contribution < -0.4 is 11.1 Å². The smallest absolute Gasteiger partial charge is 0.387 e. The average Bonchev–Trinajstić information content (AvgIpc) is 2.99. The first-order chi connectivity index (χ1) is 20.9. The van der Waals surface area contributed by atoms with Crippen LogP contribution in [0.3, 0.4) is 0 Å². The maximum Gasteiger partial charge on any atom is 0.472 e. The Balaban J connectivity index is 4.60. The number of amides is 1. The van der Waals surface area contributed by atoms with Gasteiger partial charge in [0.05, 0.1) is 25.4 Å². The van der Waals surface area contributed by atoms with Crippen molar-refractivity contribution in [2.24, 2.45) is 5.73 Å². The summed E-state index contributed by atoms with van der Waals surface area (Å²) in [6.07, 6.45) is 37.0. The third kappa shape index (κ3) is 28.5. The molecule has 0 aromatic heterocycles. The molecule has 0 heterocycles. The monoisotopic (exact) mass is 622 g/mol. The van der Waals surface area contributed by atoms with E-state index in [2.05, 4.69) is 61.7 Å². The van der Waals surface area contributed by atoms with E-state index < -0.39 is 26.6 Å². The van der Waals surface area contributed by atoms with Gasteiger partial charge in [0.2, 0.25) is 5.91 Å². The fraction of sp³-hybridized carbons (Fsp3) is 0.618. The fourth-order valence-corrected chi connectivity index (χ4v) is 4.66. The second kappa shape index (κ2) is 30.0. The summed E-state index contributed by atoms with van der Waals surface area (Å²) >= 11 is 0. The lowest BCUT2D eigenvalue weighted by molar-refractivity contribution is -0.122. The highest BCUT2D eigenvalue weighted by Crippen LogP contribution is 2.43. The van der Waals surface area contributed by atoms with Gasteiger partial charge in [-0.05, 0) is 44.9 Å². The van der Waals surface area contributed by atoms with Gasteiger partial charge in [-0.15, -0.1) is 0 Å². The molecule has 0 aliphatic heterocycles. The zero-order valence-electron chi connectivity index (χ0n) is 26.7. The Kier molecular flexibility index (Phi) is 28.6. The molecule has 0 rings (SSSR count). The molecule has 8 nitrogen and oxygen atoms in total. The molecule has 43 heavy (non-hydrogen) atoms. The molecule has 0 fully saturated rings. The van der Waals surface area contributed by atoms with Crippen LogP contribution in [0.25, 0.3) is 0 Å². The van der Waals surface area contributed by atoms with E-state index in [-0.39, 0.29) is 25.5 Å². The van der Waals surface area contributed by atoms with Crippen molar-refractivity contribution in [1.82, 2.24) is 5.32 Å². The first-order valence-electron chi connectivity index (χ1n) is 16.1. The maximum absolute atomic E-state index is 12.5. The van der Waals surface area contributed by atoms with Crippen LogP contribution in [0.4, 0.5) is 0 Å². The Morgan fingerprint density at radius 1 is 0.791 bits per heavy atom. The van der Waals surface area contributed by atoms with Crippen LogP contribution in [0.15, 0.2) is 72.9 Å². The lowest BCUT2D eigenvalue weighted by atomic mass is 10.1. The van der Waals surface area contributed by atoms with Crippen LogP contribution in [0, 0.1) is 0 Å². The summed E-state index contributed by atoms with van der Waals surface area (Å²) in [4.78, 5) is 22.4. The third-order valence-corrected chi connectivity index (χ3v) is 7.30. The normalized spacial score (nSPS) is 15.6. The summed E-state index contributed by atoms with van der Waals surface area (Å²) in [5.41, 5.74) is 5.32. The van der Waals surface area contributed by atoms with Crippen molar-refractivity contribution in [3.8, 4) is 0 Å². The summed E-state index contributed by atoms with van der Waals surface area (Å²) in [6.45, 7) is 3.86. The quantitative estimate of drug-likeness (QED) is 0.0398. The van der Waals surface area contributed by atoms with E-state index in [0.29, 0.717) is 6.42 Å². The van der Waals surface area contributed by atoms with Gasteiger partial charge in [-0.2, -0.15) is 0 Å². The van der Waals surface area contributed by atoms with Crippen LogP contribution in [0.5, 0.6) is 0 Å². The maximum atomic E-state index is 12.5. The Morgan fingerprint density at radius 2 is 1.33 bits per heavy atom. The van der Waals surface area contributed by atoms with E-state index in [9.17, 15) is 19.4 Å². The van der Waals surface area contributed by atoms with Gasteiger partial charge in [-0.1, -0.05) is 125 Å². The van der Waals surface area contributed by atoms with Crippen LogP contribution in [0.2, 0.25) is 0 Å². The molecular weight excluding hydrogens is 563 g/mol. The van der Waals surface area contributed by atoms with E-state index in [1.54, 1.807) is 12.2 Å². The van der Waals surface area contributed by atoms with Gasteiger partial charge >= 0.3 is 7.82 Å². The Hall–Kier alpha value is -2.06. The summed E-state index contributed by atoms with van der Waals surface area (Å²) in [5.74, 6) is -0.329. The minimum Gasteiger partial charge on any atom is -0.387 e. The van der Waals surface area contributed by atoms with E-state index in [1.807, 2.05) is 18.2 Å². The molecule has 0 aromatic carbocycles.